The van der Waals surface area contributed by atoms with E-state index in [2.05, 4.69) is 25.7 Å². The Kier molecular flexibility index (Phi) is 6.78. The number of carbonyl (C=O) groups excluding carboxylic acids is 1. The first-order valence-electron chi connectivity index (χ1n) is 9.45. The number of hydrogen-bond donors (Lipinski definition) is 2. The Morgan fingerprint density at radius 1 is 1.12 bits per heavy atom. The Balaban J connectivity index is 1.50. The molecule has 32 heavy (non-hydrogen) atoms. The molecular weight excluding hydrogens is 448 g/mol. The summed E-state index contributed by atoms with van der Waals surface area (Å²) in [7, 11) is 0. The number of phenols is 1. The third kappa shape index (κ3) is 5.32. The van der Waals surface area contributed by atoms with Gasteiger partial charge in [0.15, 0.2) is 11.0 Å². The number of amides is 1. The number of rotatable bonds is 7. The second-order valence-corrected chi connectivity index (χ2v) is 7.91. The van der Waals surface area contributed by atoms with E-state index in [9.17, 15) is 9.90 Å². The molecule has 0 spiro atoms. The molecule has 10 heteroatoms. The summed E-state index contributed by atoms with van der Waals surface area (Å²) in [5, 5.41) is 23.2. The van der Waals surface area contributed by atoms with Gasteiger partial charge in [0.05, 0.1) is 12.0 Å². The first-order valence-corrected chi connectivity index (χ1v) is 10.8. The standard InChI is InChI=1S/C22H17ClN6O2S/c23-17-4-6-18(7-5-17)29-21(16-8-10-24-11-9-16)27-28-22(29)32-14-20(31)26-25-13-15-2-1-3-19(30)12-15/h1-13,30H,14H2,(H,26,31)/b25-13-. The minimum Gasteiger partial charge on any atom is -0.508 e. The maximum atomic E-state index is 12.3. The van der Waals surface area contributed by atoms with Crippen LogP contribution >= 0.6 is 23.4 Å². The van der Waals surface area contributed by atoms with Crippen molar-refractivity contribution in [3.63, 3.8) is 0 Å². The lowest BCUT2D eigenvalue weighted by Crippen LogP contribution is -2.20. The SMILES string of the molecule is O=C(CSc1nnc(-c2ccncc2)n1-c1ccc(Cl)cc1)N/N=C\c1cccc(O)c1. The van der Waals surface area contributed by atoms with Crippen LogP contribution in [0.1, 0.15) is 5.56 Å². The monoisotopic (exact) mass is 464 g/mol. The van der Waals surface area contributed by atoms with Crippen LogP contribution in [0.25, 0.3) is 17.1 Å². The van der Waals surface area contributed by atoms with E-state index in [0.29, 0.717) is 21.6 Å². The van der Waals surface area contributed by atoms with Crippen LogP contribution < -0.4 is 5.43 Å². The summed E-state index contributed by atoms with van der Waals surface area (Å²) in [6, 6.07) is 17.5. The van der Waals surface area contributed by atoms with Gasteiger partial charge in [0.2, 0.25) is 0 Å². The number of nitrogens with zero attached hydrogens (tertiary/aromatic N) is 5. The van der Waals surface area contributed by atoms with Crippen LogP contribution in [0.3, 0.4) is 0 Å². The van der Waals surface area contributed by atoms with Gasteiger partial charge in [-0.25, -0.2) is 5.43 Å². The highest BCUT2D eigenvalue weighted by Crippen LogP contribution is 2.28. The number of nitrogens with one attached hydrogen (secondary N) is 1. The van der Waals surface area contributed by atoms with Crippen molar-refractivity contribution in [1.82, 2.24) is 25.2 Å². The number of hydrogen-bond acceptors (Lipinski definition) is 7. The number of carbonyl (C=O) groups is 1. The normalized spacial score (nSPS) is 11.0. The van der Waals surface area contributed by atoms with Crippen LogP contribution in [-0.2, 0) is 4.79 Å². The highest BCUT2D eigenvalue weighted by atomic mass is 35.5. The number of phenolic OH excluding ortho intramolecular Hbond substituents is 1. The van der Waals surface area contributed by atoms with Crippen LogP contribution in [-0.4, -0.2) is 42.7 Å². The molecule has 0 radical (unpaired) electrons. The number of hydrazone groups is 1. The Labute approximate surface area is 193 Å². The van der Waals surface area contributed by atoms with Gasteiger partial charge in [-0.05, 0) is 54.1 Å². The average molecular weight is 465 g/mol. The third-order valence-electron chi connectivity index (χ3n) is 4.26. The summed E-state index contributed by atoms with van der Waals surface area (Å²) < 4.78 is 1.86. The molecule has 1 amide bonds. The van der Waals surface area contributed by atoms with E-state index in [1.807, 2.05) is 28.8 Å². The molecule has 0 atom stereocenters. The maximum absolute atomic E-state index is 12.3. The zero-order chi connectivity index (χ0) is 22.3. The molecule has 0 fully saturated rings. The van der Waals surface area contributed by atoms with Gasteiger partial charge < -0.3 is 5.11 Å². The van der Waals surface area contributed by atoms with E-state index in [4.69, 9.17) is 11.6 Å². The molecule has 2 N–H and O–H groups in total. The van der Waals surface area contributed by atoms with Crippen molar-refractivity contribution < 1.29 is 9.90 Å². The summed E-state index contributed by atoms with van der Waals surface area (Å²) >= 11 is 7.27. The largest absolute Gasteiger partial charge is 0.508 e. The lowest BCUT2D eigenvalue weighted by molar-refractivity contribution is -0.118. The maximum Gasteiger partial charge on any atom is 0.250 e. The number of aromatic nitrogens is 4. The number of halogens is 1. The molecule has 0 saturated carbocycles. The van der Waals surface area contributed by atoms with Crippen molar-refractivity contribution in [2.24, 2.45) is 5.10 Å². The fourth-order valence-corrected chi connectivity index (χ4v) is 3.69. The second kappa shape index (κ2) is 10.1. The zero-order valence-corrected chi connectivity index (χ0v) is 18.2. The minimum atomic E-state index is -0.303. The van der Waals surface area contributed by atoms with Crippen LogP contribution in [0.4, 0.5) is 0 Å². The Hall–Kier alpha value is -3.69. The lowest BCUT2D eigenvalue weighted by Gasteiger charge is -2.10. The van der Waals surface area contributed by atoms with Gasteiger partial charge in [-0.2, -0.15) is 5.10 Å². The van der Waals surface area contributed by atoms with Crippen LogP contribution in [0.2, 0.25) is 5.02 Å². The molecular formula is C22H17ClN6O2S. The van der Waals surface area contributed by atoms with Crippen molar-refractivity contribution in [2.75, 3.05) is 5.75 Å². The van der Waals surface area contributed by atoms with Gasteiger partial charge in [-0.3, -0.25) is 14.3 Å². The molecule has 2 heterocycles. The smallest absolute Gasteiger partial charge is 0.250 e. The predicted molar refractivity (Wildman–Crippen MR) is 124 cm³/mol. The summed E-state index contributed by atoms with van der Waals surface area (Å²) in [5.41, 5.74) is 4.80. The van der Waals surface area contributed by atoms with E-state index in [1.54, 1.807) is 48.8 Å². The van der Waals surface area contributed by atoms with Gasteiger partial charge in [-0.15, -0.1) is 10.2 Å². The van der Waals surface area contributed by atoms with Crippen molar-refractivity contribution in [1.29, 1.82) is 0 Å². The van der Waals surface area contributed by atoms with E-state index in [1.165, 1.54) is 18.0 Å². The zero-order valence-electron chi connectivity index (χ0n) is 16.6. The summed E-state index contributed by atoms with van der Waals surface area (Å²) in [4.78, 5) is 16.3. The number of pyridine rings is 1. The van der Waals surface area contributed by atoms with Crippen molar-refractivity contribution >= 4 is 35.5 Å². The first kappa shape index (κ1) is 21.5. The average Bonchev–Trinajstić information content (AvgIpc) is 3.23. The summed E-state index contributed by atoms with van der Waals surface area (Å²) in [6.07, 6.45) is 4.82. The number of benzene rings is 2. The fraction of sp³-hybridized carbons (Fsp3) is 0.0455. The molecule has 0 aliphatic rings. The predicted octanol–water partition coefficient (Wildman–Crippen LogP) is 3.93. The molecule has 4 rings (SSSR count). The quantitative estimate of drug-likeness (QED) is 0.244. The minimum absolute atomic E-state index is 0.0828. The number of aromatic hydroxyl groups is 1. The molecule has 2 aromatic heterocycles. The second-order valence-electron chi connectivity index (χ2n) is 6.53. The Morgan fingerprint density at radius 2 is 1.91 bits per heavy atom. The molecule has 8 nitrogen and oxygen atoms in total. The van der Waals surface area contributed by atoms with E-state index < -0.39 is 0 Å². The van der Waals surface area contributed by atoms with Crippen molar-refractivity contribution in [3.05, 3.63) is 83.6 Å². The first-order chi connectivity index (χ1) is 15.6. The molecule has 0 aliphatic heterocycles. The van der Waals surface area contributed by atoms with Crippen LogP contribution in [0, 0.1) is 0 Å². The van der Waals surface area contributed by atoms with Gasteiger partial charge in [-0.1, -0.05) is 35.5 Å². The Bertz CT molecular complexity index is 1250. The van der Waals surface area contributed by atoms with Crippen LogP contribution in [0.15, 0.2) is 83.3 Å². The fourth-order valence-electron chi connectivity index (χ4n) is 2.82. The molecule has 0 unspecified atom stereocenters. The number of thioether (sulfide) groups is 1. The van der Waals surface area contributed by atoms with Gasteiger partial charge in [0.25, 0.3) is 5.91 Å². The molecule has 0 aliphatic carbocycles. The summed E-state index contributed by atoms with van der Waals surface area (Å²) in [6.45, 7) is 0. The van der Waals surface area contributed by atoms with Gasteiger partial charge in [0, 0.05) is 28.7 Å². The molecule has 0 bridgehead atoms. The molecule has 160 valence electrons. The van der Waals surface area contributed by atoms with Crippen molar-refractivity contribution in [2.45, 2.75) is 5.16 Å². The summed E-state index contributed by atoms with van der Waals surface area (Å²) in [5.74, 6) is 0.531. The van der Waals surface area contributed by atoms with E-state index in [-0.39, 0.29) is 17.4 Å². The molecule has 2 aromatic carbocycles. The van der Waals surface area contributed by atoms with E-state index in [0.717, 1.165) is 11.3 Å². The molecule has 4 aromatic rings. The third-order valence-corrected chi connectivity index (χ3v) is 5.44. The van der Waals surface area contributed by atoms with Crippen LogP contribution in [0.5, 0.6) is 5.75 Å². The van der Waals surface area contributed by atoms with Gasteiger partial charge >= 0.3 is 0 Å². The van der Waals surface area contributed by atoms with Gasteiger partial charge in [0.1, 0.15) is 5.75 Å². The highest BCUT2D eigenvalue weighted by Gasteiger charge is 2.17. The Morgan fingerprint density at radius 3 is 2.66 bits per heavy atom. The highest BCUT2D eigenvalue weighted by molar-refractivity contribution is 7.99. The molecule has 0 saturated heterocycles. The lowest BCUT2D eigenvalue weighted by atomic mass is 10.2. The van der Waals surface area contributed by atoms with Crippen molar-refractivity contribution in [3.8, 4) is 22.8 Å². The topological polar surface area (TPSA) is 105 Å². The van der Waals surface area contributed by atoms with E-state index >= 15 is 0 Å².